The Labute approximate surface area is 186 Å². The third-order valence-corrected chi connectivity index (χ3v) is 6.23. The maximum absolute atomic E-state index is 12.8. The lowest BCUT2D eigenvalue weighted by molar-refractivity contribution is -0.155. The molecule has 0 saturated carbocycles. The van der Waals surface area contributed by atoms with Crippen molar-refractivity contribution in [1.29, 1.82) is 0 Å². The number of amides is 1. The number of hydrogen-bond donors (Lipinski definition) is 2. The van der Waals surface area contributed by atoms with Gasteiger partial charge in [0, 0.05) is 5.56 Å². The van der Waals surface area contributed by atoms with Crippen molar-refractivity contribution in [2.45, 2.75) is 37.8 Å². The quantitative estimate of drug-likeness (QED) is 0.613. The third kappa shape index (κ3) is 4.91. The second-order valence-electron chi connectivity index (χ2n) is 7.54. The molecule has 3 rings (SSSR count). The molecule has 170 valence electrons. The van der Waals surface area contributed by atoms with E-state index in [0.717, 1.165) is 0 Å². The molecule has 10 heteroatoms. The van der Waals surface area contributed by atoms with Crippen molar-refractivity contribution in [2.75, 3.05) is 12.4 Å². The highest BCUT2D eigenvalue weighted by atomic mass is 32.2. The molecule has 0 aromatic heterocycles. The molecular formula is C22H25N3O6S. The maximum Gasteiger partial charge on any atom is 0.331 e. The zero-order chi connectivity index (χ0) is 23.5. The zero-order valence-corrected chi connectivity index (χ0v) is 19.0. The predicted octanol–water partition coefficient (Wildman–Crippen LogP) is 2.33. The van der Waals surface area contributed by atoms with Gasteiger partial charge in [0.2, 0.25) is 0 Å². The Hall–Kier alpha value is -3.40. The minimum Gasteiger partial charge on any atom is -0.495 e. The number of aliphatic imine (C=N–C) groups is 1. The maximum atomic E-state index is 12.8. The number of hydrogen-bond acceptors (Lipinski definition) is 7. The monoisotopic (exact) mass is 459 g/mol. The predicted molar refractivity (Wildman–Crippen MR) is 119 cm³/mol. The van der Waals surface area contributed by atoms with Crippen molar-refractivity contribution in [2.24, 2.45) is 10.9 Å². The number of methoxy groups -OCH3 is 1. The molecule has 9 nitrogen and oxygen atoms in total. The van der Waals surface area contributed by atoms with Gasteiger partial charge < -0.3 is 14.8 Å². The number of rotatable bonds is 7. The Morgan fingerprint density at radius 1 is 1.03 bits per heavy atom. The highest BCUT2D eigenvalue weighted by molar-refractivity contribution is 7.90. The molecule has 1 heterocycles. The summed E-state index contributed by atoms with van der Waals surface area (Å²) in [5, 5.41) is 2.66. The Bertz CT molecular complexity index is 1160. The molecule has 32 heavy (non-hydrogen) atoms. The fraction of sp³-hybridized carbons (Fsp3) is 0.318. The molecular weight excluding hydrogens is 434 g/mol. The topological polar surface area (TPSA) is 123 Å². The van der Waals surface area contributed by atoms with Crippen LogP contribution in [-0.2, 0) is 24.3 Å². The summed E-state index contributed by atoms with van der Waals surface area (Å²) < 4.78 is 37.5. The number of benzene rings is 2. The summed E-state index contributed by atoms with van der Waals surface area (Å²) >= 11 is 0. The lowest BCUT2D eigenvalue weighted by Crippen LogP contribution is -2.37. The van der Waals surface area contributed by atoms with Gasteiger partial charge in [-0.2, -0.15) is 0 Å². The van der Waals surface area contributed by atoms with Gasteiger partial charge in [-0.1, -0.05) is 38.1 Å². The molecule has 2 aromatic carbocycles. The molecule has 2 unspecified atom stereocenters. The molecule has 0 aliphatic carbocycles. The first-order valence-electron chi connectivity index (χ1n) is 9.98. The van der Waals surface area contributed by atoms with Crippen molar-refractivity contribution < 1.29 is 27.5 Å². The number of carbonyl (C=O) groups is 2. The Morgan fingerprint density at radius 2 is 1.69 bits per heavy atom. The summed E-state index contributed by atoms with van der Waals surface area (Å²) in [5.41, 5.74) is 0.827. The van der Waals surface area contributed by atoms with Crippen LogP contribution >= 0.6 is 0 Å². The highest BCUT2D eigenvalue weighted by Crippen LogP contribution is 2.25. The number of carbonyl (C=O) groups excluding carboxylic acids is 2. The zero-order valence-electron chi connectivity index (χ0n) is 18.2. The lowest BCUT2D eigenvalue weighted by atomic mass is 10.0. The number of esters is 1. The minimum atomic E-state index is -3.74. The smallest absolute Gasteiger partial charge is 0.331 e. The normalized spacial score (nSPS) is 17.2. The number of nitrogens with one attached hydrogen (secondary N) is 2. The van der Waals surface area contributed by atoms with Gasteiger partial charge in [-0.05, 0) is 37.1 Å². The first-order valence-corrected chi connectivity index (χ1v) is 11.5. The lowest BCUT2D eigenvalue weighted by Gasteiger charge is -2.20. The van der Waals surface area contributed by atoms with Crippen LogP contribution in [0.2, 0.25) is 0 Å². The van der Waals surface area contributed by atoms with Gasteiger partial charge in [0.25, 0.3) is 15.9 Å². The van der Waals surface area contributed by atoms with Gasteiger partial charge >= 0.3 is 5.97 Å². The van der Waals surface area contributed by atoms with Crippen molar-refractivity contribution in [3.63, 3.8) is 0 Å². The number of fused-ring (bicyclic) bond motifs is 1. The standard InChI is InChI=1S/C22H25N3O6S/c1-13(2)19(24-20-15-9-5-8-12-18(15)32(28,29)25-20)22(27)31-14(3)21(26)23-16-10-6-7-11-17(16)30-4/h5-14,19H,1-4H3,(H,23,26)(H,24,25). The van der Waals surface area contributed by atoms with Crippen LogP contribution in [0, 0.1) is 5.92 Å². The second kappa shape index (κ2) is 9.39. The molecule has 1 aliphatic heterocycles. The van der Waals surface area contributed by atoms with Crippen LogP contribution in [-0.4, -0.2) is 45.4 Å². The molecule has 2 atom stereocenters. The fourth-order valence-electron chi connectivity index (χ4n) is 3.12. The van der Waals surface area contributed by atoms with Crippen LogP contribution in [0.5, 0.6) is 5.75 Å². The molecule has 0 spiro atoms. The van der Waals surface area contributed by atoms with Crippen molar-refractivity contribution in [3.05, 3.63) is 54.1 Å². The van der Waals surface area contributed by atoms with Gasteiger partial charge in [0.05, 0.1) is 17.7 Å². The fourth-order valence-corrected chi connectivity index (χ4v) is 4.36. The number of anilines is 1. The number of amidine groups is 1. The van der Waals surface area contributed by atoms with Gasteiger partial charge in [0.15, 0.2) is 12.1 Å². The number of sulfonamides is 1. The van der Waals surface area contributed by atoms with E-state index >= 15 is 0 Å². The molecule has 0 saturated heterocycles. The van der Waals surface area contributed by atoms with Crippen molar-refractivity contribution >= 4 is 33.4 Å². The molecule has 0 bridgehead atoms. The molecule has 1 aliphatic rings. The van der Waals surface area contributed by atoms with E-state index in [1.165, 1.54) is 20.1 Å². The van der Waals surface area contributed by atoms with Gasteiger partial charge in [-0.25, -0.2) is 13.2 Å². The van der Waals surface area contributed by atoms with E-state index in [1.807, 2.05) is 0 Å². The van der Waals surface area contributed by atoms with Gasteiger partial charge in [0.1, 0.15) is 11.6 Å². The molecule has 1 amide bonds. The van der Waals surface area contributed by atoms with Crippen molar-refractivity contribution in [3.8, 4) is 5.75 Å². The van der Waals surface area contributed by atoms with E-state index in [4.69, 9.17) is 9.47 Å². The van der Waals surface area contributed by atoms with Crippen LogP contribution in [0.4, 0.5) is 5.69 Å². The van der Waals surface area contributed by atoms with Gasteiger partial charge in [-0.3, -0.25) is 14.5 Å². The van der Waals surface area contributed by atoms with E-state index in [-0.39, 0.29) is 16.6 Å². The summed E-state index contributed by atoms with van der Waals surface area (Å²) in [6.45, 7) is 4.95. The van der Waals surface area contributed by atoms with Crippen LogP contribution in [0.3, 0.4) is 0 Å². The largest absolute Gasteiger partial charge is 0.495 e. The summed E-state index contributed by atoms with van der Waals surface area (Å²) in [7, 11) is -2.26. The van der Waals surface area contributed by atoms with Gasteiger partial charge in [-0.15, -0.1) is 0 Å². The first kappa shape index (κ1) is 23.3. The van der Waals surface area contributed by atoms with E-state index in [0.29, 0.717) is 17.0 Å². The molecule has 0 radical (unpaired) electrons. The number of ether oxygens (including phenoxy) is 2. The molecule has 0 fully saturated rings. The van der Waals surface area contributed by atoms with Crippen LogP contribution in [0.15, 0.2) is 58.4 Å². The number of nitrogens with zero attached hydrogens (tertiary/aromatic N) is 1. The number of para-hydroxylation sites is 2. The van der Waals surface area contributed by atoms with Crippen LogP contribution in [0.1, 0.15) is 26.3 Å². The Kier molecular flexibility index (Phi) is 6.83. The summed E-state index contributed by atoms with van der Waals surface area (Å²) in [6, 6.07) is 12.2. The average Bonchev–Trinajstić information content (AvgIpc) is 3.02. The highest BCUT2D eigenvalue weighted by Gasteiger charge is 2.34. The van der Waals surface area contributed by atoms with Crippen molar-refractivity contribution in [1.82, 2.24) is 4.72 Å². The summed E-state index contributed by atoms with van der Waals surface area (Å²) in [6.07, 6.45) is -1.11. The molecule has 2 aromatic rings. The summed E-state index contributed by atoms with van der Waals surface area (Å²) in [4.78, 5) is 29.8. The van der Waals surface area contributed by atoms with Crippen LogP contribution in [0.25, 0.3) is 0 Å². The second-order valence-corrected chi connectivity index (χ2v) is 9.19. The Morgan fingerprint density at radius 3 is 2.38 bits per heavy atom. The molecule has 2 N–H and O–H groups in total. The first-order chi connectivity index (χ1) is 15.1. The average molecular weight is 460 g/mol. The van der Waals surface area contributed by atoms with E-state index in [9.17, 15) is 18.0 Å². The van der Waals surface area contributed by atoms with E-state index in [1.54, 1.807) is 56.3 Å². The minimum absolute atomic E-state index is 0.0716. The Balaban J connectivity index is 1.76. The van der Waals surface area contributed by atoms with Crippen LogP contribution < -0.4 is 14.8 Å². The summed E-state index contributed by atoms with van der Waals surface area (Å²) in [5.74, 6) is -1.04. The third-order valence-electron chi connectivity index (χ3n) is 4.83. The van der Waals surface area contributed by atoms with E-state index in [2.05, 4.69) is 15.0 Å². The SMILES string of the molecule is COc1ccccc1NC(=O)C(C)OC(=O)C(N=C1NS(=O)(=O)c2ccccc21)C(C)C. The van der Waals surface area contributed by atoms with E-state index < -0.39 is 34.0 Å².